The van der Waals surface area contributed by atoms with Crippen molar-refractivity contribution in [1.82, 2.24) is 14.8 Å². The van der Waals surface area contributed by atoms with Gasteiger partial charge in [-0.2, -0.15) is 0 Å². The summed E-state index contributed by atoms with van der Waals surface area (Å²) in [5.41, 5.74) is 5.56. The van der Waals surface area contributed by atoms with Crippen molar-refractivity contribution in [3.63, 3.8) is 0 Å². The summed E-state index contributed by atoms with van der Waals surface area (Å²) in [7, 11) is 0. The van der Waals surface area contributed by atoms with Crippen LogP contribution in [0.4, 0.5) is 5.69 Å². The second kappa shape index (κ2) is 9.28. The minimum atomic E-state index is -0.119. The Kier molecular flexibility index (Phi) is 6.28. The van der Waals surface area contributed by atoms with Gasteiger partial charge in [0.05, 0.1) is 11.3 Å². The van der Waals surface area contributed by atoms with Gasteiger partial charge in [0.2, 0.25) is 5.91 Å². The summed E-state index contributed by atoms with van der Waals surface area (Å²) in [5, 5.41) is 22.6. The normalized spacial score (nSPS) is 10.8. The summed E-state index contributed by atoms with van der Waals surface area (Å²) in [6.07, 6.45) is 0. The number of thioether (sulfide) groups is 1. The Morgan fingerprint density at radius 2 is 1.72 bits per heavy atom. The van der Waals surface area contributed by atoms with E-state index in [1.165, 1.54) is 11.8 Å². The van der Waals surface area contributed by atoms with E-state index < -0.39 is 0 Å². The van der Waals surface area contributed by atoms with Crippen LogP contribution < -0.4 is 5.32 Å². The van der Waals surface area contributed by atoms with Crippen molar-refractivity contribution in [2.24, 2.45) is 0 Å². The number of aromatic nitrogens is 3. The molecule has 1 amide bonds. The molecule has 0 spiro atoms. The van der Waals surface area contributed by atoms with Crippen LogP contribution in [0.25, 0.3) is 17.1 Å². The molecule has 0 aliphatic rings. The van der Waals surface area contributed by atoms with Gasteiger partial charge in [-0.05, 0) is 62.2 Å². The minimum Gasteiger partial charge on any atom is -0.507 e. The van der Waals surface area contributed by atoms with Gasteiger partial charge < -0.3 is 10.4 Å². The maximum Gasteiger partial charge on any atom is 0.234 e. The van der Waals surface area contributed by atoms with E-state index in [1.54, 1.807) is 18.2 Å². The van der Waals surface area contributed by atoms with Gasteiger partial charge in [-0.3, -0.25) is 9.36 Å². The van der Waals surface area contributed by atoms with Gasteiger partial charge in [0.25, 0.3) is 0 Å². The first kappa shape index (κ1) is 21.6. The van der Waals surface area contributed by atoms with Crippen LogP contribution in [-0.2, 0) is 4.79 Å². The van der Waals surface area contributed by atoms with E-state index in [-0.39, 0.29) is 17.4 Å². The molecule has 4 rings (SSSR count). The van der Waals surface area contributed by atoms with Gasteiger partial charge >= 0.3 is 0 Å². The summed E-state index contributed by atoms with van der Waals surface area (Å²) in [5.74, 6) is 0.700. The molecule has 2 N–H and O–H groups in total. The number of phenols is 1. The lowest BCUT2D eigenvalue weighted by atomic mass is 10.1. The highest BCUT2D eigenvalue weighted by Gasteiger charge is 2.19. The topological polar surface area (TPSA) is 80.0 Å². The Labute approximate surface area is 191 Å². The molecule has 1 heterocycles. The maximum atomic E-state index is 12.6. The zero-order valence-electron chi connectivity index (χ0n) is 18.2. The minimum absolute atomic E-state index is 0.119. The number of hydrogen-bond donors (Lipinski definition) is 2. The third kappa shape index (κ3) is 4.53. The number of aryl methyl sites for hydroxylation is 2. The molecule has 0 aliphatic heterocycles. The number of anilines is 1. The van der Waals surface area contributed by atoms with Crippen molar-refractivity contribution in [2.45, 2.75) is 25.9 Å². The first-order valence-corrected chi connectivity index (χ1v) is 11.2. The van der Waals surface area contributed by atoms with Crippen molar-refractivity contribution in [3.8, 4) is 22.8 Å². The fourth-order valence-electron chi connectivity index (χ4n) is 3.33. The highest BCUT2D eigenvalue weighted by atomic mass is 32.2. The third-order valence-corrected chi connectivity index (χ3v) is 6.21. The molecular formula is C25H24N4O2S. The molecule has 3 aromatic carbocycles. The second-order valence-electron chi connectivity index (χ2n) is 7.58. The van der Waals surface area contributed by atoms with Crippen LogP contribution in [0.1, 0.15) is 16.7 Å². The monoisotopic (exact) mass is 444 g/mol. The molecule has 0 saturated carbocycles. The van der Waals surface area contributed by atoms with Crippen LogP contribution in [0.5, 0.6) is 5.75 Å². The summed E-state index contributed by atoms with van der Waals surface area (Å²) >= 11 is 1.30. The summed E-state index contributed by atoms with van der Waals surface area (Å²) in [4.78, 5) is 12.6. The smallest absolute Gasteiger partial charge is 0.234 e. The number of carbonyl (C=O) groups excluding carboxylic acids is 1. The van der Waals surface area contributed by atoms with Gasteiger partial charge in [0.15, 0.2) is 11.0 Å². The number of carbonyl (C=O) groups is 1. The largest absolute Gasteiger partial charge is 0.507 e. The van der Waals surface area contributed by atoms with E-state index in [1.807, 2.05) is 73.9 Å². The van der Waals surface area contributed by atoms with Gasteiger partial charge in [-0.25, -0.2) is 0 Å². The van der Waals surface area contributed by atoms with Crippen LogP contribution in [0.15, 0.2) is 71.9 Å². The molecule has 0 bridgehead atoms. The van der Waals surface area contributed by atoms with Crippen molar-refractivity contribution in [2.75, 3.05) is 11.1 Å². The van der Waals surface area contributed by atoms with Gasteiger partial charge in [0.1, 0.15) is 5.75 Å². The third-order valence-electron chi connectivity index (χ3n) is 5.28. The number of aromatic hydroxyl groups is 1. The van der Waals surface area contributed by atoms with Crippen LogP contribution >= 0.6 is 11.8 Å². The molecule has 0 aliphatic carbocycles. The van der Waals surface area contributed by atoms with E-state index in [4.69, 9.17) is 0 Å². The highest BCUT2D eigenvalue weighted by Crippen LogP contribution is 2.32. The molecule has 0 radical (unpaired) electrons. The van der Waals surface area contributed by atoms with Gasteiger partial charge in [-0.1, -0.05) is 53.7 Å². The average molecular weight is 445 g/mol. The first-order valence-electron chi connectivity index (χ1n) is 10.2. The molecule has 0 unspecified atom stereocenters. The van der Waals surface area contributed by atoms with Gasteiger partial charge in [0, 0.05) is 11.4 Å². The Hall–Kier alpha value is -3.58. The number of benzene rings is 3. The van der Waals surface area contributed by atoms with Crippen molar-refractivity contribution in [1.29, 1.82) is 0 Å². The van der Waals surface area contributed by atoms with E-state index in [9.17, 15) is 9.90 Å². The Morgan fingerprint density at radius 1 is 0.969 bits per heavy atom. The molecule has 0 fully saturated rings. The van der Waals surface area contributed by atoms with Gasteiger partial charge in [-0.15, -0.1) is 10.2 Å². The summed E-state index contributed by atoms with van der Waals surface area (Å²) in [6.45, 7) is 6.03. The number of phenolic OH excluding ortho intramolecular Hbond substituents is 1. The number of para-hydroxylation sites is 1. The molecule has 4 aromatic rings. The zero-order valence-corrected chi connectivity index (χ0v) is 19.0. The zero-order chi connectivity index (χ0) is 22.7. The fourth-order valence-corrected chi connectivity index (χ4v) is 4.08. The number of nitrogens with zero attached hydrogens (tertiary/aromatic N) is 3. The van der Waals surface area contributed by atoms with E-state index >= 15 is 0 Å². The van der Waals surface area contributed by atoms with Crippen LogP contribution in [0.3, 0.4) is 0 Å². The molecule has 162 valence electrons. The molecule has 32 heavy (non-hydrogen) atoms. The van der Waals surface area contributed by atoms with Crippen LogP contribution in [-0.4, -0.2) is 31.5 Å². The van der Waals surface area contributed by atoms with Crippen LogP contribution in [0, 0.1) is 20.8 Å². The van der Waals surface area contributed by atoms with Crippen molar-refractivity contribution < 1.29 is 9.90 Å². The lowest BCUT2D eigenvalue weighted by molar-refractivity contribution is -0.113. The number of rotatable bonds is 6. The van der Waals surface area contributed by atoms with E-state index in [0.29, 0.717) is 16.5 Å². The Balaban J connectivity index is 1.62. The molecule has 6 nitrogen and oxygen atoms in total. The van der Waals surface area contributed by atoms with Crippen LogP contribution in [0.2, 0.25) is 0 Å². The number of nitrogens with one attached hydrogen (secondary N) is 1. The maximum absolute atomic E-state index is 12.6. The second-order valence-corrected chi connectivity index (χ2v) is 8.52. The van der Waals surface area contributed by atoms with Crippen molar-refractivity contribution in [3.05, 3.63) is 83.4 Å². The van der Waals surface area contributed by atoms with E-state index in [0.717, 1.165) is 28.1 Å². The average Bonchev–Trinajstić information content (AvgIpc) is 3.20. The quantitative estimate of drug-likeness (QED) is 0.395. The van der Waals surface area contributed by atoms with E-state index in [2.05, 4.69) is 15.5 Å². The predicted octanol–water partition coefficient (Wildman–Crippen LogP) is 5.30. The molecule has 0 saturated heterocycles. The lowest BCUT2D eigenvalue weighted by Gasteiger charge is -2.12. The first-order chi connectivity index (χ1) is 15.4. The van der Waals surface area contributed by atoms with Crippen molar-refractivity contribution >= 4 is 23.4 Å². The number of hydrogen-bond acceptors (Lipinski definition) is 5. The molecule has 7 heteroatoms. The highest BCUT2D eigenvalue weighted by molar-refractivity contribution is 7.99. The lowest BCUT2D eigenvalue weighted by Crippen LogP contribution is -2.15. The molecular weight excluding hydrogens is 420 g/mol. The summed E-state index contributed by atoms with van der Waals surface area (Å²) in [6, 6.07) is 20.8. The summed E-state index contributed by atoms with van der Waals surface area (Å²) < 4.78 is 1.87. The number of amides is 1. The standard InChI is InChI=1S/C25H24N4O2S/c1-16-11-13-19(14-12-16)29-24(20-8-4-5-10-22(20)30)27-28-25(29)32-15-23(31)26-21-9-6-7-17(2)18(21)3/h4-14,30H,15H2,1-3H3,(H,26,31). The molecule has 1 aromatic heterocycles. The Bertz CT molecular complexity index is 1270. The Morgan fingerprint density at radius 3 is 2.47 bits per heavy atom. The predicted molar refractivity (Wildman–Crippen MR) is 128 cm³/mol. The fraction of sp³-hybridized carbons (Fsp3) is 0.160. The molecule has 0 atom stereocenters. The SMILES string of the molecule is Cc1ccc(-n2c(SCC(=O)Nc3cccc(C)c3C)nnc2-c2ccccc2O)cc1.